The summed E-state index contributed by atoms with van der Waals surface area (Å²) >= 11 is 0. The van der Waals surface area contributed by atoms with Gasteiger partial charge in [0.1, 0.15) is 0 Å². The number of fused-ring (bicyclic) bond motifs is 1. The quantitative estimate of drug-likeness (QED) is 0.762. The minimum absolute atomic E-state index is 0.577. The van der Waals surface area contributed by atoms with Crippen molar-refractivity contribution in [3.05, 3.63) is 0 Å². The minimum Gasteiger partial charge on any atom is -0.377 e. The molecule has 0 aromatic rings. The normalized spacial score (nSPS) is 35.2. The molecule has 3 rings (SSSR count). The first-order valence-electron chi connectivity index (χ1n) is 7.92. The smallest absolute Gasteiger partial charge is 0.0597 e. The summed E-state index contributed by atoms with van der Waals surface area (Å²) in [4.78, 5) is 5.35. The largest absolute Gasteiger partial charge is 0.377 e. The Morgan fingerprint density at radius 3 is 2.72 bits per heavy atom. The van der Waals surface area contributed by atoms with E-state index in [1.54, 1.807) is 0 Å². The fourth-order valence-electron chi connectivity index (χ4n) is 3.95. The summed E-state index contributed by atoms with van der Waals surface area (Å²) in [5.41, 5.74) is 0. The van der Waals surface area contributed by atoms with Crippen molar-refractivity contribution >= 4 is 0 Å². The van der Waals surface area contributed by atoms with Crippen LogP contribution in [0.4, 0.5) is 0 Å². The molecule has 0 aromatic carbocycles. The Kier molecular flexibility index (Phi) is 4.22. The topological polar surface area (TPSA) is 15.7 Å². The molecule has 3 heteroatoms. The van der Waals surface area contributed by atoms with Crippen molar-refractivity contribution < 1.29 is 4.74 Å². The molecule has 0 radical (unpaired) electrons. The first kappa shape index (κ1) is 12.9. The maximum Gasteiger partial charge on any atom is 0.0597 e. The summed E-state index contributed by atoms with van der Waals surface area (Å²) in [7, 11) is 0. The van der Waals surface area contributed by atoms with Crippen molar-refractivity contribution in [1.82, 2.24) is 9.80 Å². The van der Waals surface area contributed by atoms with Crippen molar-refractivity contribution in [1.29, 1.82) is 0 Å². The number of nitrogens with zero attached hydrogens (tertiary/aromatic N) is 2. The zero-order valence-corrected chi connectivity index (χ0v) is 11.8. The maximum absolute atomic E-state index is 6.01. The Balaban J connectivity index is 1.41. The van der Waals surface area contributed by atoms with E-state index in [0.717, 1.165) is 19.2 Å². The van der Waals surface area contributed by atoms with Gasteiger partial charge in [0.25, 0.3) is 0 Å². The number of rotatable bonds is 4. The zero-order valence-electron chi connectivity index (χ0n) is 11.8. The molecule has 0 spiro atoms. The maximum atomic E-state index is 6.01. The van der Waals surface area contributed by atoms with Crippen LogP contribution in [0.25, 0.3) is 0 Å². The lowest BCUT2D eigenvalue weighted by atomic mass is 10.1. The van der Waals surface area contributed by atoms with Crippen LogP contribution in [-0.2, 0) is 4.74 Å². The summed E-state index contributed by atoms with van der Waals surface area (Å²) in [5, 5.41) is 0. The summed E-state index contributed by atoms with van der Waals surface area (Å²) in [6, 6.07) is 1.55. The number of hydrogen-bond acceptors (Lipinski definition) is 3. The predicted octanol–water partition coefficient (Wildman–Crippen LogP) is 2.11. The molecule has 0 aromatic heterocycles. The van der Waals surface area contributed by atoms with Gasteiger partial charge in [0, 0.05) is 31.7 Å². The molecule has 2 saturated heterocycles. The lowest BCUT2D eigenvalue weighted by Crippen LogP contribution is -2.55. The molecule has 18 heavy (non-hydrogen) atoms. The molecule has 104 valence electrons. The number of hydrogen-bond donors (Lipinski definition) is 0. The van der Waals surface area contributed by atoms with E-state index in [1.165, 1.54) is 58.2 Å². The third-order valence-electron chi connectivity index (χ3n) is 5.10. The van der Waals surface area contributed by atoms with E-state index in [0.29, 0.717) is 12.1 Å². The molecule has 2 heterocycles. The van der Waals surface area contributed by atoms with Crippen LogP contribution in [0.15, 0.2) is 0 Å². The van der Waals surface area contributed by atoms with Gasteiger partial charge in [-0.25, -0.2) is 0 Å². The Bertz CT molecular complexity index is 265. The highest BCUT2D eigenvalue weighted by molar-refractivity contribution is 4.90. The second kappa shape index (κ2) is 5.89. The standard InChI is InChI=1S/C15H28N2O/c1-13-11-17-8-4-5-14(17)12-16(13)9-10-18-15-6-2-3-7-15/h13-15H,2-12H2,1H3. The van der Waals surface area contributed by atoms with Gasteiger partial charge in [-0.05, 0) is 39.2 Å². The second-order valence-corrected chi connectivity index (χ2v) is 6.41. The molecule has 3 fully saturated rings. The zero-order chi connectivity index (χ0) is 12.4. The monoisotopic (exact) mass is 252 g/mol. The highest BCUT2D eigenvalue weighted by Crippen LogP contribution is 2.25. The van der Waals surface area contributed by atoms with Crippen LogP contribution in [0.5, 0.6) is 0 Å². The van der Waals surface area contributed by atoms with Gasteiger partial charge in [-0.3, -0.25) is 9.80 Å². The van der Waals surface area contributed by atoms with E-state index in [9.17, 15) is 0 Å². The van der Waals surface area contributed by atoms with Gasteiger partial charge < -0.3 is 4.74 Å². The Labute approximate surface area is 111 Å². The summed E-state index contributed by atoms with van der Waals surface area (Å²) < 4.78 is 6.01. The number of ether oxygens (including phenoxy) is 1. The van der Waals surface area contributed by atoms with Crippen molar-refractivity contribution in [2.45, 2.75) is 63.6 Å². The summed E-state index contributed by atoms with van der Waals surface area (Å²) in [6.45, 7) is 8.35. The average Bonchev–Trinajstić information content (AvgIpc) is 3.00. The molecule has 0 N–H and O–H groups in total. The van der Waals surface area contributed by atoms with Gasteiger partial charge in [0.05, 0.1) is 12.7 Å². The minimum atomic E-state index is 0.577. The highest BCUT2D eigenvalue weighted by Gasteiger charge is 2.34. The Morgan fingerprint density at radius 1 is 1.06 bits per heavy atom. The fraction of sp³-hybridized carbons (Fsp3) is 1.00. The van der Waals surface area contributed by atoms with Crippen molar-refractivity contribution in [2.75, 3.05) is 32.8 Å². The van der Waals surface area contributed by atoms with Gasteiger partial charge in [-0.2, -0.15) is 0 Å². The van der Waals surface area contributed by atoms with Gasteiger partial charge in [-0.15, -0.1) is 0 Å². The SMILES string of the molecule is CC1CN2CCCC2CN1CCOC1CCCC1. The van der Waals surface area contributed by atoms with E-state index < -0.39 is 0 Å². The van der Waals surface area contributed by atoms with Gasteiger partial charge >= 0.3 is 0 Å². The van der Waals surface area contributed by atoms with E-state index in [2.05, 4.69) is 16.7 Å². The lowest BCUT2D eigenvalue weighted by Gasteiger charge is -2.42. The van der Waals surface area contributed by atoms with Crippen LogP contribution in [0, 0.1) is 0 Å². The van der Waals surface area contributed by atoms with Crippen LogP contribution in [0.3, 0.4) is 0 Å². The molecule has 3 nitrogen and oxygen atoms in total. The van der Waals surface area contributed by atoms with Crippen molar-refractivity contribution in [3.63, 3.8) is 0 Å². The Morgan fingerprint density at radius 2 is 1.89 bits per heavy atom. The van der Waals surface area contributed by atoms with E-state index in [1.807, 2.05) is 0 Å². The van der Waals surface area contributed by atoms with E-state index in [4.69, 9.17) is 4.74 Å². The fourth-order valence-corrected chi connectivity index (χ4v) is 3.95. The van der Waals surface area contributed by atoms with E-state index >= 15 is 0 Å². The molecule has 0 amide bonds. The number of piperazine rings is 1. The van der Waals surface area contributed by atoms with Gasteiger partial charge in [0.15, 0.2) is 0 Å². The molecule has 2 atom stereocenters. The molecule has 2 unspecified atom stereocenters. The predicted molar refractivity (Wildman–Crippen MR) is 73.8 cm³/mol. The van der Waals surface area contributed by atoms with Crippen LogP contribution >= 0.6 is 0 Å². The molecule has 0 bridgehead atoms. The van der Waals surface area contributed by atoms with Crippen molar-refractivity contribution in [2.24, 2.45) is 0 Å². The molecular weight excluding hydrogens is 224 g/mol. The van der Waals surface area contributed by atoms with Crippen LogP contribution in [-0.4, -0.2) is 60.8 Å². The second-order valence-electron chi connectivity index (χ2n) is 6.41. The third-order valence-corrected chi connectivity index (χ3v) is 5.10. The van der Waals surface area contributed by atoms with Gasteiger partial charge in [-0.1, -0.05) is 12.8 Å². The van der Waals surface area contributed by atoms with Crippen LogP contribution in [0.1, 0.15) is 45.4 Å². The average molecular weight is 252 g/mol. The molecule has 3 aliphatic rings. The van der Waals surface area contributed by atoms with Crippen LogP contribution < -0.4 is 0 Å². The third kappa shape index (κ3) is 2.89. The van der Waals surface area contributed by atoms with Gasteiger partial charge in [0.2, 0.25) is 0 Å². The molecule has 2 aliphatic heterocycles. The summed E-state index contributed by atoms with van der Waals surface area (Å²) in [5.74, 6) is 0. The molecule has 1 aliphatic carbocycles. The molecule has 1 saturated carbocycles. The molecular formula is C15H28N2O. The lowest BCUT2D eigenvalue weighted by molar-refractivity contribution is 0.00666. The van der Waals surface area contributed by atoms with Crippen LogP contribution in [0.2, 0.25) is 0 Å². The highest BCUT2D eigenvalue weighted by atomic mass is 16.5. The first-order chi connectivity index (χ1) is 8.83. The van der Waals surface area contributed by atoms with Crippen molar-refractivity contribution in [3.8, 4) is 0 Å². The first-order valence-corrected chi connectivity index (χ1v) is 7.92. The Hall–Kier alpha value is -0.120. The summed E-state index contributed by atoms with van der Waals surface area (Å²) in [6.07, 6.45) is 8.74. The van der Waals surface area contributed by atoms with E-state index in [-0.39, 0.29) is 0 Å².